The molecule has 0 spiro atoms. The molecule has 21 heavy (non-hydrogen) atoms. The average molecular weight is 306 g/mol. The Kier molecular flexibility index (Phi) is 4.39. The molecule has 0 atom stereocenters. The van der Waals surface area contributed by atoms with E-state index in [1.807, 2.05) is 5.38 Å². The van der Waals surface area contributed by atoms with Gasteiger partial charge in [-0.05, 0) is 31.0 Å². The number of aromatic nitrogens is 1. The van der Waals surface area contributed by atoms with Crippen LogP contribution in [0.2, 0.25) is 0 Å². The summed E-state index contributed by atoms with van der Waals surface area (Å²) in [4.78, 5) is 4.59. The molecule has 0 aliphatic heterocycles. The van der Waals surface area contributed by atoms with Crippen molar-refractivity contribution in [3.05, 3.63) is 29.4 Å². The number of nitrogens with one attached hydrogen (secondary N) is 1. The van der Waals surface area contributed by atoms with Crippen LogP contribution in [0.15, 0.2) is 23.6 Å². The molecule has 0 unspecified atom stereocenters. The van der Waals surface area contributed by atoms with Crippen molar-refractivity contribution >= 4 is 16.5 Å². The number of ether oxygens (including phenoxy) is 1. The second kappa shape index (κ2) is 6.43. The lowest BCUT2D eigenvalue weighted by Gasteiger charge is -2.22. The van der Waals surface area contributed by atoms with Gasteiger partial charge < -0.3 is 10.1 Å². The number of methoxy groups -OCH3 is 1. The van der Waals surface area contributed by atoms with Crippen molar-refractivity contribution in [1.82, 2.24) is 4.98 Å². The average Bonchev–Trinajstić information content (AvgIpc) is 2.96. The van der Waals surface area contributed by atoms with Crippen LogP contribution in [0.4, 0.5) is 9.52 Å². The van der Waals surface area contributed by atoms with Crippen LogP contribution in [0, 0.1) is 5.82 Å². The summed E-state index contributed by atoms with van der Waals surface area (Å²) in [5.74, 6) is 0.367. The highest BCUT2D eigenvalue weighted by Crippen LogP contribution is 2.33. The Labute approximate surface area is 128 Å². The Morgan fingerprint density at radius 1 is 1.29 bits per heavy atom. The molecule has 3 rings (SSSR count). The Bertz CT molecular complexity index is 608. The smallest absolute Gasteiger partial charge is 0.183 e. The van der Waals surface area contributed by atoms with Crippen LogP contribution >= 0.6 is 11.3 Å². The number of anilines is 1. The molecule has 1 saturated carbocycles. The zero-order valence-corrected chi connectivity index (χ0v) is 12.9. The van der Waals surface area contributed by atoms with Gasteiger partial charge in [-0.3, -0.25) is 0 Å². The molecule has 1 N–H and O–H groups in total. The summed E-state index contributed by atoms with van der Waals surface area (Å²) in [5, 5.41) is 6.35. The molecule has 3 nitrogen and oxygen atoms in total. The zero-order valence-electron chi connectivity index (χ0n) is 12.1. The van der Waals surface area contributed by atoms with Gasteiger partial charge in [0.15, 0.2) is 5.13 Å². The number of hydrogen-bond acceptors (Lipinski definition) is 4. The van der Waals surface area contributed by atoms with Crippen molar-refractivity contribution in [3.8, 4) is 17.0 Å². The predicted octanol–water partition coefficient (Wildman–Crippen LogP) is 4.70. The Morgan fingerprint density at radius 2 is 2.10 bits per heavy atom. The highest BCUT2D eigenvalue weighted by Gasteiger charge is 2.16. The Balaban J connectivity index is 1.79. The maximum atomic E-state index is 13.5. The molecule has 1 aliphatic rings. The van der Waals surface area contributed by atoms with E-state index in [1.165, 1.54) is 44.2 Å². The van der Waals surface area contributed by atoms with Gasteiger partial charge in [0.25, 0.3) is 0 Å². The van der Waals surface area contributed by atoms with Gasteiger partial charge in [-0.15, -0.1) is 11.3 Å². The Morgan fingerprint density at radius 3 is 2.86 bits per heavy atom. The third-order valence-corrected chi connectivity index (χ3v) is 4.65. The number of rotatable bonds is 4. The van der Waals surface area contributed by atoms with Crippen molar-refractivity contribution in [2.24, 2.45) is 0 Å². The summed E-state index contributed by atoms with van der Waals surface area (Å²) in [5.41, 5.74) is 1.46. The molecule has 1 aliphatic carbocycles. The third-order valence-electron chi connectivity index (χ3n) is 3.87. The Hall–Kier alpha value is -1.62. The van der Waals surface area contributed by atoms with Crippen molar-refractivity contribution in [3.63, 3.8) is 0 Å². The fraction of sp³-hybridized carbons (Fsp3) is 0.438. The first-order chi connectivity index (χ1) is 10.3. The van der Waals surface area contributed by atoms with Crippen LogP contribution in [-0.2, 0) is 0 Å². The number of hydrogen-bond donors (Lipinski definition) is 1. The highest BCUT2D eigenvalue weighted by atomic mass is 32.1. The summed E-state index contributed by atoms with van der Waals surface area (Å²) < 4.78 is 18.7. The first-order valence-corrected chi connectivity index (χ1v) is 8.20. The van der Waals surface area contributed by atoms with Crippen molar-refractivity contribution < 1.29 is 9.13 Å². The molecule has 1 fully saturated rings. The topological polar surface area (TPSA) is 34.1 Å². The predicted molar refractivity (Wildman–Crippen MR) is 84.6 cm³/mol. The number of benzene rings is 1. The molecular weight excluding hydrogens is 287 g/mol. The largest absolute Gasteiger partial charge is 0.496 e. The van der Waals surface area contributed by atoms with Crippen molar-refractivity contribution in [2.45, 2.75) is 38.1 Å². The normalized spacial score (nSPS) is 15.9. The summed E-state index contributed by atoms with van der Waals surface area (Å²) >= 11 is 1.56. The molecule has 1 aromatic heterocycles. The molecule has 2 aromatic rings. The molecule has 5 heteroatoms. The minimum atomic E-state index is -0.277. The first-order valence-electron chi connectivity index (χ1n) is 7.32. The van der Waals surface area contributed by atoms with Crippen LogP contribution in [-0.4, -0.2) is 18.1 Å². The maximum absolute atomic E-state index is 13.5. The first kappa shape index (κ1) is 14.3. The molecule has 0 amide bonds. The van der Waals surface area contributed by atoms with Crippen LogP contribution in [0.25, 0.3) is 11.3 Å². The standard InChI is InChI=1S/C16H19FN2OS/c1-20-15-8-7-11(17)9-13(15)14-10-21-16(19-14)18-12-5-3-2-4-6-12/h7-10,12H,2-6H2,1H3,(H,18,19). The van der Waals surface area contributed by atoms with E-state index in [2.05, 4.69) is 10.3 Å². The number of halogens is 1. The zero-order chi connectivity index (χ0) is 14.7. The minimum absolute atomic E-state index is 0.277. The number of thiazole rings is 1. The van der Waals surface area contributed by atoms with E-state index in [0.29, 0.717) is 17.4 Å². The van der Waals surface area contributed by atoms with E-state index in [9.17, 15) is 4.39 Å². The second-order valence-corrected chi connectivity index (χ2v) is 6.22. The van der Waals surface area contributed by atoms with Crippen molar-refractivity contribution in [1.29, 1.82) is 0 Å². The van der Waals surface area contributed by atoms with Crippen LogP contribution < -0.4 is 10.1 Å². The van der Waals surface area contributed by atoms with Gasteiger partial charge in [-0.2, -0.15) is 0 Å². The van der Waals surface area contributed by atoms with Gasteiger partial charge in [0.05, 0.1) is 12.8 Å². The van der Waals surface area contributed by atoms with Crippen molar-refractivity contribution in [2.75, 3.05) is 12.4 Å². The molecule has 0 saturated heterocycles. The molecule has 1 heterocycles. The summed E-state index contributed by atoms with van der Waals surface area (Å²) in [7, 11) is 1.59. The van der Waals surface area contributed by atoms with E-state index in [4.69, 9.17) is 4.74 Å². The lowest BCUT2D eigenvalue weighted by Crippen LogP contribution is -2.21. The molecular formula is C16H19FN2OS. The van der Waals surface area contributed by atoms with Gasteiger partial charge >= 0.3 is 0 Å². The number of nitrogens with zero attached hydrogens (tertiary/aromatic N) is 1. The van der Waals surface area contributed by atoms with E-state index in [0.717, 1.165) is 10.8 Å². The summed E-state index contributed by atoms with van der Waals surface area (Å²) in [6, 6.07) is 5.03. The fourth-order valence-electron chi connectivity index (χ4n) is 2.77. The van der Waals surface area contributed by atoms with Gasteiger partial charge in [0, 0.05) is 17.0 Å². The van der Waals surface area contributed by atoms with Gasteiger partial charge in [0.2, 0.25) is 0 Å². The molecule has 0 bridgehead atoms. The maximum Gasteiger partial charge on any atom is 0.183 e. The third kappa shape index (κ3) is 3.35. The SMILES string of the molecule is COc1ccc(F)cc1-c1csc(NC2CCCCC2)n1. The van der Waals surface area contributed by atoms with Crippen LogP contribution in [0.5, 0.6) is 5.75 Å². The highest BCUT2D eigenvalue weighted by molar-refractivity contribution is 7.14. The van der Waals surface area contributed by atoms with E-state index in [1.54, 1.807) is 24.5 Å². The second-order valence-electron chi connectivity index (χ2n) is 5.36. The van der Waals surface area contributed by atoms with Gasteiger partial charge in [0.1, 0.15) is 11.6 Å². The molecule has 112 valence electrons. The van der Waals surface area contributed by atoms with Crippen LogP contribution in [0.1, 0.15) is 32.1 Å². The van der Waals surface area contributed by atoms with E-state index >= 15 is 0 Å². The van der Waals surface area contributed by atoms with E-state index in [-0.39, 0.29) is 5.82 Å². The quantitative estimate of drug-likeness (QED) is 0.889. The molecule has 0 radical (unpaired) electrons. The fourth-order valence-corrected chi connectivity index (χ4v) is 3.55. The molecule has 1 aromatic carbocycles. The van der Waals surface area contributed by atoms with Crippen LogP contribution in [0.3, 0.4) is 0 Å². The monoisotopic (exact) mass is 306 g/mol. The van der Waals surface area contributed by atoms with Gasteiger partial charge in [-0.25, -0.2) is 9.37 Å². The lowest BCUT2D eigenvalue weighted by atomic mass is 9.96. The summed E-state index contributed by atoms with van der Waals surface area (Å²) in [6.07, 6.45) is 6.32. The summed E-state index contributed by atoms with van der Waals surface area (Å²) in [6.45, 7) is 0. The van der Waals surface area contributed by atoms with Gasteiger partial charge in [-0.1, -0.05) is 19.3 Å². The lowest BCUT2D eigenvalue weighted by molar-refractivity contribution is 0.415. The minimum Gasteiger partial charge on any atom is -0.496 e. The van der Waals surface area contributed by atoms with E-state index < -0.39 is 0 Å².